The van der Waals surface area contributed by atoms with E-state index in [9.17, 15) is 0 Å². The fraction of sp³-hybridized carbons (Fsp3) is 0.556. The maximum atomic E-state index is 5.44. The molecule has 1 heteroatoms. The summed E-state index contributed by atoms with van der Waals surface area (Å²) in [7, 11) is 0. The van der Waals surface area contributed by atoms with E-state index in [1.807, 2.05) is 6.08 Å². The van der Waals surface area contributed by atoms with E-state index in [0.29, 0.717) is 5.88 Å². The summed E-state index contributed by atoms with van der Waals surface area (Å²) in [6, 6.07) is 0. The van der Waals surface area contributed by atoms with E-state index >= 15 is 0 Å². The molecule has 0 bridgehead atoms. The Morgan fingerprint density at radius 2 is 2.20 bits per heavy atom. The Bertz CT molecular complexity index is 114. The number of hydrogen-bond donors (Lipinski definition) is 0. The molecule has 0 atom stereocenters. The first-order chi connectivity index (χ1) is 4.77. The van der Waals surface area contributed by atoms with Crippen LogP contribution in [-0.4, -0.2) is 5.88 Å². The van der Waals surface area contributed by atoms with Crippen LogP contribution in [0.15, 0.2) is 24.3 Å². The molecule has 0 heterocycles. The minimum absolute atomic E-state index is 0.632. The fourth-order valence-corrected chi connectivity index (χ4v) is 0.829. The van der Waals surface area contributed by atoms with Crippen LogP contribution in [0.2, 0.25) is 0 Å². The highest BCUT2D eigenvalue weighted by Gasteiger charge is 1.84. The predicted octanol–water partition coefficient (Wildman–Crippen LogP) is 3.53. The van der Waals surface area contributed by atoms with Crippen LogP contribution in [0, 0.1) is 0 Å². The molecule has 0 aliphatic carbocycles. The smallest absolute Gasteiger partial charge is 0.0404 e. The molecule has 0 amide bonds. The summed E-state index contributed by atoms with van der Waals surface area (Å²) >= 11 is 5.44. The zero-order chi connectivity index (χ0) is 7.82. The molecule has 0 radical (unpaired) electrons. The molecule has 0 aliphatic heterocycles. The highest BCUT2D eigenvalue weighted by atomic mass is 35.5. The highest BCUT2D eigenvalue weighted by molar-refractivity contribution is 6.18. The minimum atomic E-state index is 0.632. The van der Waals surface area contributed by atoms with Gasteiger partial charge in [-0.15, -0.1) is 18.2 Å². The summed E-state index contributed by atoms with van der Waals surface area (Å²) in [6.07, 6.45) is 7.56. The summed E-state index contributed by atoms with van der Waals surface area (Å²) in [5.41, 5.74) is 1.26. The fourth-order valence-electron chi connectivity index (χ4n) is 0.703. The Morgan fingerprint density at radius 1 is 1.50 bits per heavy atom. The normalized spacial score (nSPS) is 10.6. The van der Waals surface area contributed by atoms with Crippen molar-refractivity contribution in [2.45, 2.75) is 26.2 Å². The van der Waals surface area contributed by atoms with Crippen molar-refractivity contribution in [2.75, 3.05) is 5.88 Å². The van der Waals surface area contributed by atoms with Gasteiger partial charge >= 0.3 is 0 Å². The van der Waals surface area contributed by atoms with Crippen molar-refractivity contribution in [2.24, 2.45) is 0 Å². The van der Waals surface area contributed by atoms with Crippen LogP contribution in [0.5, 0.6) is 0 Å². The van der Waals surface area contributed by atoms with Crippen LogP contribution >= 0.6 is 11.6 Å². The number of rotatable bonds is 5. The molecule has 0 unspecified atom stereocenters. The molecular weight excluding hydrogens is 144 g/mol. The molecule has 10 heavy (non-hydrogen) atoms. The second kappa shape index (κ2) is 6.88. The molecular formula is C9H15Cl. The SMILES string of the molecule is C=C(C)CCC/C=C/CCl. The maximum absolute atomic E-state index is 5.44. The van der Waals surface area contributed by atoms with Gasteiger partial charge < -0.3 is 0 Å². The van der Waals surface area contributed by atoms with Gasteiger partial charge in [0.05, 0.1) is 0 Å². The van der Waals surface area contributed by atoms with Crippen LogP contribution in [0.1, 0.15) is 26.2 Å². The van der Waals surface area contributed by atoms with Crippen LogP contribution in [-0.2, 0) is 0 Å². The molecule has 0 fully saturated rings. The van der Waals surface area contributed by atoms with E-state index < -0.39 is 0 Å². The first-order valence-electron chi connectivity index (χ1n) is 3.62. The van der Waals surface area contributed by atoms with E-state index in [0.717, 1.165) is 12.8 Å². The van der Waals surface area contributed by atoms with Gasteiger partial charge in [0.1, 0.15) is 0 Å². The van der Waals surface area contributed by atoms with Gasteiger partial charge in [-0.3, -0.25) is 0 Å². The Kier molecular flexibility index (Phi) is 6.73. The monoisotopic (exact) mass is 158 g/mol. The van der Waals surface area contributed by atoms with E-state index in [2.05, 4.69) is 19.6 Å². The Balaban J connectivity index is 3.05. The van der Waals surface area contributed by atoms with Crippen molar-refractivity contribution in [3.63, 3.8) is 0 Å². The first kappa shape index (κ1) is 9.77. The average Bonchev–Trinajstić information content (AvgIpc) is 1.87. The molecule has 0 N–H and O–H groups in total. The molecule has 0 rings (SSSR count). The van der Waals surface area contributed by atoms with Gasteiger partial charge in [0.2, 0.25) is 0 Å². The molecule has 0 spiro atoms. The van der Waals surface area contributed by atoms with Crippen molar-refractivity contribution in [3.8, 4) is 0 Å². The zero-order valence-electron chi connectivity index (χ0n) is 6.57. The summed E-state index contributed by atoms with van der Waals surface area (Å²) in [5.74, 6) is 0.632. The largest absolute Gasteiger partial charge is 0.122 e. The quantitative estimate of drug-likeness (QED) is 0.326. The molecule has 0 aromatic heterocycles. The Morgan fingerprint density at radius 3 is 2.70 bits per heavy atom. The molecule has 0 saturated heterocycles. The number of unbranched alkanes of at least 4 members (excludes halogenated alkanes) is 1. The molecule has 58 valence electrons. The number of allylic oxidation sites excluding steroid dienone is 3. The van der Waals surface area contributed by atoms with Gasteiger partial charge in [0, 0.05) is 5.88 Å². The van der Waals surface area contributed by atoms with Crippen molar-refractivity contribution < 1.29 is 0 Å². The number of hydrogen-bond acceptors (Lipinski definition) is 0. The molecule has 0 aromatic rings. The zero-order valence-corrected chi connectivity index (χ0v) is 7.32. The van der Waals surface area contributed by atoms with Crippen molar-refractivity contribution in [1.82, 2.24) is 0 Å². The minimum Gasteiger partial charge on any atom is -0.122 e. The van der Waals surface area contributed by atoms with Crippen LogP contribution in [0.3, 0.4) is 0 Å². The Hall–Kier alpha value is -0.230. The van der Waals surface area contributed by atoms with Gasteiger partial charge in [-0.2, -0.15) is 0 Å². The third kappa shape index (κ3) is 7.77. The van der Waals surface area contributed by atoms with Crippen LogP contribution in [0.25, 0.3) is 0 Å². The molecule has 0 nitrogen and oxygen atoms in total. The lowest BCUT2D eigenvalue weighted by molar-refractivity contribution is 0.834. The lowest BCUT2D eigenvalue weighted by atomic mass is 10.1. The third-order valence-electron chi connectivity index (χ3n) is 1.23. The second-order valence-electron chi connectivity index (χ2n) is 2.48. The van der Waals surface area contributed by atoms with Crippen LogP contribution < -0.4 is 0 Å². The molecule has 0 saturated carbocycles. The second-order valence-corrected chi connectivity index (χ2v) is 2.78. The van der Waals surface area contributed by atoms with Gasteiger partial charge in [-0.1, -0.05) is 17.7 Å². The molecule has 0 aromatic carbocycles. The average molecular weight is 159 g/mol. The van der Waals surface area contributed by atoms with E-state index in [1.54, 1.807) is 0 Å². The predicted molar refractivity (Wildman–Crippen MR) is 48.5 cm³/mol. The third-order valence-corrected chi connectivity index (χ3v) is 1.41. The number of alkyl halides is 1. The lowest BCUT2D eigenvalue weighted by Crippen LogP contribution is -1.74. The van der Waals surface area contributed by atoms with E-state index in [1.165, 1.54) is 12.0 Å². The number of halogens is 1. The Labute approximate surface area is 68.6 Å². The maximum Gasteiger partial charge on any atom is 0.0404 e. The summed E-state index contributed by atoms with van der Waals surface area (Å²) in [4.78, 5) is 0. The van der Waals surface area contributed by atoms with Crippen molar-refractivity contribution in [3.05, 3.63) is 24.3 Å². The summed E-state index contributed by atoms with van der Waals surface area (Å²) < 4.78 is 0. The first-order valence-corrected chi connectivity index (χ1v) is 4.16. The van der Waals surface area contributed by atoms with Gasteiger partial charge in [-0.05, 0) is 26.2 Å². The van der Waals surface area contributed by atoms with Crippen molar-refractivity contribution >= 4 is 11.6 Å². The summed E-state index contributed by atoms with van der Waals surface area (Å²) in [5, 5.41) is 0. The van der Waals surface area contributed by atoms with Gasteiger partial charge in [0.15, 0.2) is 0 Å². The van der Waals surface area contributed by atoms with Crippen molar-refractivity contribution in [1.29, 1.82) is 0 Å². The summed E-state index contributed by atoms with van der Waals surface area (Å²) in [6.45, 7) is 5.88. The van der Waals surface area contributed by atoms with Gasteiger partial charge in [0.25, 0.3) is 0 Å². The van der Waals surface area contributed by atoms with E-state index in [4.69, 9.17) is 11.6 Å². The molecule has 0 aliphatic rings. The highest BCUT2D eigenvalue weighted by Crippen LogP contribution is 2.03. The van der Waals surface area contributed by atoms with Gasteiger partial charge in [-0.25, -0.2) is 0 Å². The van der Waals surface area contributed by atoms with Crippen LogP contribution in [0.4, 0.5) is 0 Å². The topological polar surface area (TPSA) is 0 Å². The standard InChI is InChI=1S/C9H15Cl/c1-9(2)7-5-3-4-6-8-10/h4,6H,1,3,5,7-8H2,2H3/b6-4+. The van der Waals surface area contributed by atoms with E-state index in [-0.39, 0.29) is 0 Å². The lowest BCUT2D eigenvalue weighted by Gasteiger charge is -1.93.